The fraction of sp³-hybridized carbons (Fsp3) is 1.00. The lowest BCUT2D eigenvalue weighted by molar-refractivity contribution is -0.142. The van der Waals surface area contributed by atoms with Crippen molar-refractivity contribution < 1.29 is 21.6 Å². The number of sulfonamides is 1. The molecule has 0 aromatic rings. The second-order valence-electron chi connectivity index (χ2n) is 3.49. The van der Waals surface area contributed by atoms with Crippen molar-refractivity contribution in [1.82, 2.24) is 4.31 Å². The van der Waals surface area contributed by atoms with Gasteiger partial charge in [0.05, 0.1) is 12.7 Å². The zero-order chi connectivity index (χ0) is 11.0. The van der Waals surface area contributed by atoms with Crippen LogP contribution in [0.15, 0.2) is 0 Å². The maximum absolute atomic E-state index is 12.0. The fourth-order valence-corrected chi connectivity index (χ4v) is 2.90. The number of nitrogens with zero attached hydrogens (tertiary/aromatic N) is 1. The molecule has 0 N–H and O–H groups in total. The third kappa shape index (κ3) is 3.13. The molecule has 0 aliphatic carbocycles. The van der Waals surface area contributed by atoms with Crippen LogP contribution in [0, 0.1) is 0 Å². The maximum atomic E-state index is 12.0. The number of hydrogen-bond acceptors (Lipinski definition) is 2. The molecule has 14 heavy (non-hydrogen) atoms. The van der Waals surface area contributed by atoms with Crippen molar-refractivity contribution in [3.05, 3.63) is 0 Å². The van der Waals surface area contributed by atoms with E-state index in [9.17, 15) is 21.6 Å². The van der Waals surface area contributed by atoms with E-state index in [2.05, 4.69) is 0 Å². The molecule has 84 valence electrons. The number of alkyl halides is 3. The van der Waals surface area contributed by atoms with Crippen molar-refractivity contribution in [1.29, 1.82) is 0 Å². The first-order valence-corrected chi connectivity index (χ1v) is 6.08. The zero-order valence-electron chi connectivity index (χ0n) is 7.71. The van der Waals surface area contributed by atoms with E-state index in [1.807, 2.05) is 0 Å². The number of rotatable bonds is 2. The van der Waals surface area contributed by atoms with Crippen molar-refractivity contribution in [2.75, 3.05) is 12.8 Å². The highest BCUT2D eigenvalue weighted by Gasteiger charge is 2.39. The maximum Gasteiger partial charge on any atom is 0.390 e. The average molecular weight is 231 g/mol. The standard InChI is InChI=1S/C7H12F3NO2S/c1-14(12,13)11-4-2-3-6(11)5-7(8,9)10/h6H,2-5H2,1H3. The van der Waals surface area contributed by atoms with Gasteiger partial charge >= 0.3 is 6.18 Å². The van der Waals surface area contributed by atoms with Crippen LogP contribution >= 0.6 is 0 Å². The highest BCUT2D eigenvalue weighted by atomic mass is 32.2. The molecule has 1 heterocycles. The second kappa shape index (κ2) is 3.69. The molecule has 3 nitrogen and oxygen atoms in total. The Kier molecular flexibility index (Phi) is 3.10. The van der Waals surface area contributed by atoms with Gasteiger partial charge in [-0.2, -0.15) is 17.5 Å². The molecule has 1 unspecified atom stereocenters. The summed E-state index contributed by atoms with van der Waals surface area (Å²) in [5, 5.41) is 0. The van der Waals surface area contributed by atoms with Crippen molar-refractivity contribution in [2.24, 2.45) is 0 Å². The number of hydrogen-bond donors (Lipinski definition) is 0. The smallest absolute Gasteiger partial charge is 0.212 e. The highest BCUT2D eigenvalue weighted by molar-refractivity contribution is 7.88. The van der Waals surface area contributed by atoms with E-state index in [0.717, 1.165) is 10.6 Å². The monoisotopic (exact) mass is 231 g/mol. The van der Waals surface area contributed by atoms with Crippen molar-refractivity contribution in [3.63, 3.8) is 0 Å². The SMILES string of the molecule is CS(=O)(=O)N1CCCC1CC(F)(F)F. The quantitative estimate of drug-likeness (QED) is 0.719. The van der Waals surface area contributed by atoms with Gasteiger partial charge in [0.15, 0.2) is 0 Å². The first-order valence-electron chi connectivity index (χ1n) is 4.24. The Morgan fingerprint density at radius 1 is 1.43 bits per heavy atom. The van der Waals surface area contributed by atoms with Crippen LogP contribution in [0.1, 0.15) is 19.3 Å². The molecule has 0 spiro atoms. The van der Waals surface area contributed by atoms with Crippen LogP contribution in [0.5, 0.6) is 0 Å². The zero-order valence-corrected chi connectivity index (χ0v) is 8.53. The summed E-state index contributed by atoms with van der Waals surface area (Å²) in [5.41, 5.74) is 0. The van der Waals surface area contributed by atoms with Crippen LogP contribution in [0.4, 0.5) is 13.2 Å². The molecule has 1 saturated heterocycles. The van der Waals surface area contributed by atoms with Gasteiger partial charge in [0, 0.05) is 12.6 Å². The Balaban J connectivity index is 2.71. The summed E-state index contributed by atoms with van der Waals surface area (Å²) in [7, 11) is -3.49. The topological polar surface area (TPSA) is 37.4 Å². The van der Waals surface area contributed by atoms with Crippen molar-refractivity contribution in [3.8, 4) is 0 Å². The lowest BCUT2D eigenvalue weighted by atomic mass is 10.1. The summed E-state index contributed by atoms with van der Waals surface area (Å²) >= 11 is 0. The molecule has 0 aromatic carbocycles. The highest BCUT2D eigenvalue weighted by Crippen LogP contribution is 2.30. The molecule has 1 rings (SSSR count). The Morgan fingerprint density at radius 3 is 2.43 bits per heavy atom. The summed E-state index contributed by atoms with van der Waals surface area (Å²) in [6.07, 6.45) is -3.58. The molecule has 7 heteroatoms. The van der Waals surface area contributed by atoms with Gasteiger partial charge in [0.25, 0.3) is 0 Å². The van der Waals surface area contributed by atoms with Gasteiger partial charge in [-0.05, 0) is 12.8 Å². The molecule has 1 aliphatic heterocycles. The normalized spacial score (nSPS) is 25.6. The molecule has 1 fully saturated rings. The average Bonchev–Trinajstić information content (AvgIpc) is 2.29. The molecule has 0 radical (unpaired) electrons. The Morgan fingerprint density at radius 2 is 2.00 bits per heavy atom. The Labute approximate surface area is 80.9 Å². The van der Waals surface area contributed by atoms with E-state index >= 15 is 0 Å². The molecule has 0 saturated carbocycles. The molecular weight excluding hydrogens is 219 g/mol. The van der Waals surface area contributed by atoms with Gasteiger partial charge < -0.3 is 0 Å². The van der Waals surface area contributed by atoms with Crippen LogP contribution in [-0.2, 0) is 10.0 Å². The van der Waals surface area contributed by atoms with E-state index in [0.29, 0.717) is 12.8 Å². The molecule has 1 atom stereocenters. The minimum absolute atomic E-state index is 0.208. The molecular formula is C7H12F3NO2S. The second-order valence-corrected chi connectivity index (χ2v) is 5.42. The van der Waals surface area contributed by atoms with E-state index in [1.165, 1.54) is 0 Å². The fourth-order valence-electron chi connectivity index (χ4n) is 1.72. The van der Waals surface area contributed by atoms with Gasteiger partial charge in [-0.3, -0.25) is 0 Å². The first kappa shape index (κ1) is 11.8. The predicted molar refractivity (Wildman–Crippen MR) is 45.2 cm³/mol. The van der Waals surface area contributed by atoms with Crippen LogP contribution in [-0.4, -0.2) is 37.7 Å². The molecule has 1 aliphatic rings. The third-order valence-corrected chi connectivity index (χ3v) is 3.55. The van der Waals surface area contributed by atoms with E-state index in [-0.39, 0.29) is 6.54 Å². The summed E-state index contributed by atoms with van der Waals surface area (Å²) in [4.78, 5) is 0. The van der Waals surface area contributed by atoms with E-state index in [1.54, 1.807) is 0 Å². The Hall–Kier alpha value is -0.300. The van der Waals surface area contributed by atoms with Crippen LogP contribution < -0.4 is 0 Å². The summed E-state index contributed by atoms with van der Waals surface area (Å²) < 4.78 is 59.3. The van der Waals surface area contributed by atoms with Gasteiger partial charge in [-0.25, -0.2) is 8.42 Å². The van der Waals surface area contributed by atoms with Crippen molar-refractivity contribution in [2.45, 2.75) is 31.5 Å². The van der Waals surface area contributed by atoms with E-state index < -0.39 is 28.7 Å². The number of halogens is 3. The van der Waals surface area contributed by atoms with E-state index in [4.69, 9.17) is 0 Å². The first-order chi connectivity index (χ1) is 6.20. The minimum Gasteiger partial charge on any atom is -0.212 e. The van der Waals surface area contributed by atoms with Gasteiger partial charge in [0.2, 0.25) is 10.0 Å². The molecule has 0 amide bonds. The molecule has 0 bridgehead atoms. The van der Waals surface area contributed by atoms with Gasteiger partial charge in [-0.15, -0.1) is 0 Å². The lowest BCUT2D eigenvalue weighted by Gasteiger charge is -2.22. The summed E-state index contributed by atoms with van der Waals surface area (Å²) in [5.74, 6) is 0. The lowest BCUT2D eigenvalue weighted by Crippen LogP contribution is -2.37. The third-order valence-electron chi connectivity index (χ3n) is 2.22. The predicted octanol–water partition coefficient (Wildman–Crippen LogP) is 1.36. The Bertz CT molecular complexity index is 299. The van der Waals surface area contributed by atoms with Gasteiger partial charge in [0.1, 0.15) is 0 Å². The largest absolute Gasteiger partial charge is 0.390 e. The van der Waals surface area contributed by atoms with Crippen LogP contribution in [0.25, 0.3) is 0 Å². The summed E-state index contributed by atoms with van der Waals surface area (Å²) in [6, 6.07) is -0.898. The minimum atomic E-state index is -4.29. The summed E-state index contributed by atoms with van der Waals surface area (Å²) in [6.45, 7) is 0.208. The van der Waals surface area contributed by atoms with Crippen LogP contribution in [0.2, 0.25) is 0 Å². The molecule has 0 aromatic heterocycles. The van der Waals surface area contributed by atoms with Crippen LogP contribution in [0.3, 0.4) is 0 Å². The van der Waals surface area contributed by atoms with Gasteiger partial charge in [-0.1, -0.05) is 0 Å². The van der Waals surface area contributed by atoms with Crippen molar-refractivity contribution >= 4 is 10.0 Å².